The molecule has 3 heterocycles. The highest BCUT2D eigenvalue weighted by Gasteiger charge is 2.45. The van der Waals surface area contributed by atoms with Gasteiger partial charge in [-0.25, -0.2) is 14.7 Å². The van der Waals surface area contributed by atoms with Crippen LogP contribution in [0.1, 0.15) is 31.3 Å². The molecule has 0 aromatic carbocycles. The molecule has 24 heavy (non-hydrogen) atoms. The predicted molar refractivity (Wildman–Crippen MR) is 88.2 cm³/mol. The van der Waals surface area contributed by atoms with Crippen LogP contribution in [0.15, 0.2) is 35.5 Å². The number of nitrogens with zero attached hydrogens (tertiary/aromatic N) is 3. The van der Waals surface area contributed by atoms with Crippen molar-refractivity contribution < 1.29 is 14.3 Å². The van der Waals surface area contributed by atoms with Crippen LogP contribution in [0.2, 0.25) is 0 Å². The minimum absolute atomic E-state index is 0.0510. The average Bonchev–Trinajstić information content (AvgIpc) is 3.10. The van der Waals surface area contributed by atoms with Gasteiger partial charge in [-0.15, -0.1) is 0 Å². The number of carbonyl (C=O) groups excluding carboxylic acids is 2. The van der Waals surface area contributed by atoms with E-state index in [0.717, 1.165) is 0 Å². The standard InChI is InChI=1S/C16H21N5O3/c1-16(2,3)24-15(23)21-11-7-5-9-20(12(11)19-14(21)17)13(22)10-6-4-8-18-10/h4-8,11-12,18H,9H2,1-3H3,(H2,17,19)/t11-,12+/m0/s1. The SMILES string of the molecule is CC(C)(C)OC(=O)N1C(N)=N[C@H]2[C@@H]1C=CCN2C(=O)c1ccc[nH]1. The van der Waals surface area contributed by atoms with Crippen molar-refractivity contribution in [3.05, 3.63) is 36.2 Å². The van der Waals surface area contributed by atoms with Gasteiger partial charge in [0.25, 0.3) is 5.91 Å². The molecule has 0 fully saturated rings. The highest BCUT2D eigenvalue weighted by Crippen LogP contribution is 2.27. The normalized spacial score (nSPS) is 23.0. The molecule has 0 saturated carbocycles. The Bertz CT molecular complexity index is 702. The van der Waals surface area contributed by atoms with Crippen LogP contribution >= 0.6 is 0 Å². The summed E-state index contributed by atoms with van der Waals surface area (Å²) in [4.78, 5) is 35.1. The Morgan fingerprint density at radius 1 is 1.42 bits per heavy atom. The highest BCUT2D eigenvalue weighted by atomic mass is 16.6. The number of guanidine groups is 1. The van der Waals surface area contributed by atoms with Crippen LogP contribution in [-0.2, 0) is 4.74 Å². The first kappa shape index (κ1) is 16.1. The number of carbonyl (C=O) groups is 2. The van der Waals surface area contributed by atoms with Crippen LogP contribution in [0, 0.1) is 0 Å². The zero-order valence-corrected chi connectivity index (χ0v) is 13.9. The molecule has 8 heteroatoms. The van der Waals surface area contributed by atoms with E-state index >= 15 is 0 Å². The molecule has 2 atom stereocenters. The van der Waals surface area contributed by atoms with Gasteiger partial charge in [0, 0.05) is 12.7 Å². The van der Waals surface area contributed by atoms with Crippen molar-refractivity contribution in [3.8, 4) is 0 Å². The van der Waals surface area contributed by atoms with Gasteiger partial charge < -0.3 is 20.4 Å². The molecule has 1 aromatic rings. The summed E-state index contributed by atoms with van der Waals surface area (Å²) in [5.41, 5.74) is 5.76. The van der Waals surface area contributed by atoms with Gasteiger partial charge in [-0.3, -0.25) is 4.79 Å². The van der Waals surface area contributed by atoms with Gasteiger partial charge in [-0.05, 0) is 32.9 Å². The van der Waals surface area contributed by atoms with Crippen LogP contribution in [-0.4, -0.2) is 57.1 Å². The molecule has 1 aromatic heterocycles. The molecule has 0 bridgehead atoms. The fraction of sp³-hybridized carbons (Fsp3) is 0.438. The molecular formula is C16H21N5O3. The molecule has 2 aliphatic heterocycles. The Labute approximate surface area is 140 Å². The van der Waals surface area contributed by atoms with Gasteiger partial charge in [0.2, 0.25) is 5.96 Å². The van der Waals surface area contributed by atoms with E-state index in [4.69, 9.17) is 10.5 Å². The number of fused-ring (bicyclic) bond motifs is 1. The second-order valence-corrected chi connectivity index (χ2v) is 6.71. The topological polar surface area (TPSA) is 104 Å². The molecule has 3 rings (SSSR count). The number of ether oxygens (including phenoxy) is 1. The van der Waals surface area contributed by atoms with Crippen molar-refractivity contribution in [1.82, 2.24) is 14.8 Å². The summed E-state index contributed by atoms with van der Waals surface area (Å²) in [6.07, 6.45) is 4.21. The van der Waals surface area contributed by atoms with Crippen molar-refractivity contribution in [1.29, 1.82) is 0 Å². The maximum atomic E-state index is 12.6. The molecule has 0 aliphatic carbocycles. The van der Waals surface area contributed by atoms with Gasteiger partial charge in [0.05, 0.1) is 0 Å². The fourth-order valence-corrected chi connectivity index (χ4v) is 2.77. The molecule has 2 amide bonds. The summed E-state index contributed by atoms with van der Waals surface area (Å²) in [6, 6.07) is 2.99. The number of nitrogens with one attached hydrogen (secondary N) is 1. The Morgan fingerprint density at radius 2 is 2.17 bits per heavy atom. The zero-order chi connectivity index (χ0) is 17.5. The molecule has 8 nitrogen and oxygen atoms in total. The Kier molecular flexibility index (Phi) is 3.82. The zero-order valence-electron chi connectivity index (χ0n) is 13.9. The van der Waals surface area contributed by atoms with Crippen LogP contribution in [0.5, 0.6) is 0 Å². The van der Waals surface area contributed by atoms with E-state index in [0.29, 0.717) is 12.2 Å². The van der Waals surface area contributed by atoms with E-state index in [1.165, 1.54) is 4.90 Å². The summed E-state index contributed by atoms with van der Waals surface area (Å²) in [6.45, 7) is 5.74. The number of rotatable bonds is 1. The lowest BCUT2D eigenvalue weighted by Crippen LogP contribution is -2.54. The van der Waals surface area contributed by atoms with E-state index in [-0.39, 0.29) is 11.9 Å². The third kappa shape index (κ3) is 2.86. The van der Waals surface area contributed by atoms with Crippen molar-refractivity contribution in [3.63, 3.8) is 0 Å². The van der Waals surface area contributed by atoms with E-state index in [1.54, 1.807) is 44.0 Å². The first-order chi connectivity index (χ1) is 11.3. The van der Waals surface area contributed by atoms with Gasteiger partial charge in [-0.2, -0.15) is 0 Å². The van der Waals surface area contributed by atoms with Gasteiger partial charge in [0.15, 0.2) is 6.17 Å². The van der Waals surface area contributed by atoms with E-state index < -0.39 is 23.9 Å². The smallest absolute Gasteiger partial charge is 0.417 e. The van der Waals surface area contributed by atoms with E-state index in [9.17, 15) is 9.59 Å². The number of aromatic amines is 1. The van der Waals surface area contributed by atoms with E-state index in [2.05, 4.69) is 9.98 Å². The third-order valence-corrected chi connectivity index (χ3v) is 3.75. The number of hydrogen-bond acceptors (Lipinski definition) is 5. The maximum Gasteiger partial charge on any atom is 0.417 e. The molecular weight excluding hydrogens is 310 g/mol. The van der Waals surface area contributed by atoms with Gasteiger partial charge >= 0.3 is 6.09 Å². The predicted octanol–water partition coefficient (Wildman–Crippen LogP) is 1.29. The van der Waals surface area contributed by atoms with E-state index in [1.807, 2.05) is 12.2 Å². The number of aliphatic imine (C=N–C) groups is 1. The molecule has 0 unspecified atom stereocenters. The fourth-order valence-electron chi connectivity index (χ4n) is 2.77. The second-order valence-electron chi connectivity index (χ2n) is 6.71. The lowest BCUT2D eigenvalue weighted by Gasteiger charge is -2.35. The Hall–Kier alpha value is -2.77. The number of amides is 2. The van der Waals surface area contributed by atoms with Crippen LogP contribution in [0.25, 0.3) is 0 Å². The monoisotopic (exact) mass is 331 g/mol. The van der Waals surface area contributed by atoms with Crippen LogP contribution in [0.4, 0.5) is 4.79 Å². The van der Waals surface area contributed by atoms with Crippen molar-refractivity contribution >= 4 is 18.0 Å². The number of hydrogen-bond donors (Lipinski definition) is 2. The number of H-pyrrole nitrogens is 1. The lowest BCUT2D eigenvalue weighted by atomic mass is 10.1. The quantitative estimate of drug-likeness (QED) is 0.757. The summed E-state index contributed by atoms with van der Waals surface area (Å²) >= 11 is 0. The summed E-state index contributed by atoms with van der Waals surface area (Å²) in [5, 5.41) is 0. The van der Waals surface area contributed by atoms with Crippen molar-refractivity contribution in [2.24, 2.45) is 10.7 Å². The minimum Gasteiger partial charge on any atom is -0.443 e. The van der Waals surface area contributed by atoms with Crippen molar-refractivity contribution in [2.75, 3.05) is 6.54 Å². The average molecular weight is 331 g/mol. The van der Waals surface area contributed by atoms with Gasteiger partial charge in [-0.1, -0.05) is 12.2 Å². The highest BCUT2D eigenvalue weighted by molar-refractivity contribution is 5.97. The molecule has 2 aliphatic rings. The summed E-state index contributed by atoms with van der Waals surface area (Å²) in [5.74, 6) is -0.142. The summed E-state index contributed by atoms with van der Waals surface area (Å²) in [7, 11) is 0. The Balaban J connectivity index is 1.84. The lowest BCUT2D eigenvalue weighted by molar-refractivity contribution is 0.0288. The largest absolute Gasteiger partial charge is 0.443 e. The molecule has 128 valence electrons. The van der Waals surface area contributed by atoms with Gasteiger partial charge in [0.1, 0.15) is 17.3 Å². The van der Waals surface area contributed by atoms with Crippen molar-refractivity contribution in [2.45, 2.75) is 38.6 Å². The first-order valence-electron chi connectivity index (χ1n) is 7.74. The first-order valence-corrected chi connectivity index (χ1v) is 7.74. The molecule has 0 radical (unpaired) electrons. The second kappa shape index (κ2) is 5.70. The molecule has 0 saturated heterocycles. The minimum atomic E-state index is -0.645. The number of nitrogens with two attached hydrogens (primary N) is 1. The van der Waals surface area contributed by atoms with Crippen LogP contribution < -0.4 is 5.73 Å². The molecule has 0 spiro atoms. The third-order valence-electron chi connectivity index (χ3n) is 3.75. The van der Waals surface area contributed by atoms with Crippen LogP contribution in [0.3, 0.4) is 0 Å². The Morgan fingerprint density at radius 3 is 2.79 bits per heavy atom. The number of aromatic nitrogens is 1. The maximum absolute atomic E-state index is 12.6. The summed E-state index contributed by atoms with van der Waals surface area (Å²) < 4.78 is 5.39. The molecule has 3 N–H and O–H groups in total.